The van der Waals surface area contributed by atoms with Crippen molar-refractivity contribution in [3.05, 3.63) is 12.2 Å². The van der Waals surface area contributed by atoms with Gasteiger partial charge in [-0.05, 0) is 128 Å². The van der Waals surface area contributed by atoms with Crippen LogP contribution < -0.4 is 0 Å². The van der Waals surface area contributed by atoms with E-state index in [9.17, 15) is 5.11 Å². The number of hydrogen-bond donors (Lipinski definition) is 1. The molecule has 5 rings (SSSR count). The molecule has 0 radical (unpaired) electrons. The van der Waals surface area contributed by atoms with Gasteiger partial charge in [0.05, 0.1) is 6.10 Å². The lowest BCUT2D eigenvalue weighted by Crippen LogP contribution is -2.64. The van der Waals surface area contributed by atoms with E-state index in [0.717, 1.165) is 36.0 Å². The van der Waals surface area contributed by atoms with Gasteiger partial charge in [0.25, 0.3) is 0 Å². The Hall–Kier alpha value is -0.300. The van der Waals surface area contributed by atoms with Crippen LogP contribution in [0.4, 0.5) is 0 Å². The summed E-state index contributed by atoms with van der Waals surface area (Å²) >= 11 is 0. The lowest BCUT2D eigenvalue weighted by atomic mass is 9.34. The Bertz CT molecular complexity index is 752. The Kier molecular flexibility index (Phi) is 4.98. The van der Waals surface area contributed by atoms with Crippen LogP contribution in [0.15, 0.2) is 12.2 Å². The first-order valence-corrected chi connectivity index (χ1v) is 13.7. The average Bonchev–Trinajstić information content (AvgIpc) is 3.04. The molecule has 0 aromatic rings. The molecule has 0 aromatic heterocycles. The molecule has 0 aliphatic heterocycles. The Balaban J connectivity index is 1.53. The summed E-state index contributed by atoms with van der Waals surface area (Å²) in [5, 5.41) is 10.9. The second-order valence-electron chi connectivity index (χ2n) is 14.6. The monoisotopic (exact) mass is 426 g/mol. The van der Waals surface area contributed by atoms with Crippen molar-refractivity contribution >= 4 is 0 Å². The molecule has 1 heteroatoms. The standard InChI is InChI=1S/C30H50O/c1-18(2)20-11-13-28(6)15-16-30(8)23(26(20)28)10-9-22-25-19(3)17-24(31)27(4,5)21(25)12-14-29(22,30)7/h19-26,31H,1,9-17H2,2-8H3/t19-,20+,21-,22+,23+,24+,25+,26+,28-,29-,30-/m1/s1. The fourth-order valence-corrected chi connectivity index (χ4v) is 11.1. The van der Waals surface area contributed by atoms with E-state index in [1.807, 2.05) is 0 Å². The molecule has 5 aliphatic rings. The summed E-state index contributed by atoms with van der Waals surface area (Å²) in [7, 11) is 0. The third-order valence-electron chi connectivity index (χ3n) is 13.2. The molecule has 5 fully saturated rings. The second-order valence-corrected chi connectivity index (χ2v) is 14.6. The van der Waals surface area contributed by atoms with E-state index in [1.165, 1.54) is 56.9 Å². The Labute approximate surface area is 192 Å². The van der Waals surface area contributed by atoms with Crippen LogP contribution in [0.25, 0.3) is 0 Å². The molecule has 5 saturated carbocycles. The zero-order chi connectivity index (χ0) is 22.6. The molecule has 31 heavy (non-hydrogen) atoms. The van der Waals surface area contributed by atoms with Crippen LogP contribution in [0.3, 0.4) is 0 Å². The van der Waals surface area contributed by atoms with E-state index in [2.05, 4.69) is 55.0 Å². The predicted molar refractivity (Wildman–Crippen MR) is 131 cm³/mol. The van der Waals surface area contributed by atoms with Crippen LogP contribution in [-0.2, 0) is 0 Å². The van der Waals surface area contributed by atoms with E-state index in [-0.39, 0.29) is 11.5 Å². The fourth-order valence-electron chi connectivity index (χ4n) is 11.1. The largest absolute Gasteiger partial charge is 0.393 e. The highest BCUT2D eigenvalue weighted by molar-refractivity contribution is 5.19. The number of hydrogen-bond acceptors (Lipinski definition) is 1. The zero-order valence-corrected chi connectivity index (χ0v) is 21.6. The smallest absolute Gasteiger partial charge is 0.0596 e. The van der Waals surface area contributed by atoms with Crippen molar-refractivity contribution < 1.29 is 5.11 Å². The van der Waals surface area contributed by atoms with Gasteiger partial charge in [0.1, 0.15) is 0 Å². The Morgan fingerprint density at radius 2 is 1.45 bits per heavy atom. The van der Waals surface area contributed by atoms with Crippen molar-refractivity contribution in [3.8, 4) is 0 Å². The Morgan fingerprint density at radius 1 is 0.806 bits per heavy atom. The quantitative estimate of drug-likeness (QED) is 0.423. The third kappa shape index (κ3) is 2.77. The van der Waals surface area contributed by atoms with Gasteiger partial charge in [-0.3, -0.25) is 0 Å². The first-order chi connectivity index (χ1) is 14.4. The molecule has 0 unspecified atom stereocenters. The number of aliphatic hydroxyl groups is 1. The predicted octanol–water partition coefficient (Wildman–Crippen LogP) is 7.88. The van der Waals surface area contributed by atoms with Gasteiger partial charge in [0, 0.05) is 0 Å². The Morgan fingerprint density at radius 3 is 2.13 bits per heavy atom. The first kappa shape index (κ1) is 22.5. The van der Waals surface area contributed by atoms with Crippen LogP contribution in [0.2, 0.25) is 0 Å². The van der Waals surface area contributed by atoms with Crippen molar-refractivity contribution in [3.63, 3.8) is 0 Å². The summed E-state index contributed by atoms with van der Waals surface area (Å²) in [6.45, 7) is 22.1. The van der Waals surface area contributed by atoms with Crippen LogP contribution in [0, 0.1) is 63.1 Å². The molecule has 0 saturated heterocycles. The van der Waals surface area contributed by atoms with Crippen LogP contribution in [-0.4, -0.2) is 11.2 Å². The zero-order valence-electron chi connectivity index (χ0n) is 21.6. The molecular weight excluding hydrogens is 376 g/mol. The van der Waals surface area contributed by atoms with Gasteiger partial charge in [-0.1, -0.05) is 53.7 Å². The minimum absolute atomic E-state index is 0.0812. The molecule has 176 valence electrons. The molecule has 0 spiro atoms. The maximum atomic E-state index is 10.9. The van der Waals surface area contributed by atoms with Crippen molar-refractivity contribution in [2.75, 3.05) is 0 Å². The van der Waals surface area contributed by atoms with E-state index >= 15 is 0 Å². The van der Waals surface area contributed by atoms with Crippen molar-refractivity contribution in [1.82, 2.24) is 0 Å². The van der Waals surface area contributed by atoms with Gasteiger partial charge >= 0.3 is 0 Å². The normalized spacial score (nSPS) is 57.9. The average molecular weight is 427 g/mol. The van der Waals surface area contributed by atoms with E-state index in [0.29, 0.717) is 28.1 Å². The van der Waals surface area contributed by atoms with Crippen LogP contribution in [0.5, 0.6) is 0 Å². The second kappa shape index (κ2) is 6.86. The van der Waals surface area contributed by atoms with E-state index in [1.54, 1.807) is 0 Å². The van der Waals surface area contributed by atoms with E-state index in [4.69, 9.17) is 0 Å². The highest BCUT2D eigenvalue weighted by Gasteiger charge is 2.68. The van der Waals surface area contributed by atoms with Gasteiger partial charge in [-0.2, -0.15) is 0 Å². The number of fused-ring (bicyclic) bond motifs is 7. The van der Waals surface area contributed by atoms with Gasteiger partial charge in [-0.15, -0.1) is 0 Å². The van der Waals surface area contributed by atoms with Crippen LogP contribution >= 0.6 is 0 Å². The molecule has 0 heterocycles. The molecule has 0 amide bonds. The van der Waals surface area contributed by atoms with Gasteiger partial charge < -0.3 is 5.11 Å². The maximum absolute atomic E-state index is 10.9. The van der Waals surface area contributed by atoms with Gasteiger partial charge in [0.15, 0.2) is 0 Å². The molecule has 0 bridgehead atoms. The minimum Gasteiger partial charge on any atom is -0.393 e. The lowest BCUT2D eigenvalue weighted by Gasteiger charge is -2.70. The molecule has 0 aromatic carbocycles. The highest BCUT2D eigenvalue weighted by Crippen LogP contribution is 2.75. The number of aliphatic hydroxyl groups excluding tert-OH is 1. The topological polar surface area (TPSA) is 20.2 Å². The molecule has 1 N–H and O–H groups in total. The third-order valence-corrected chi connectivity index (χ3v) is 13.2. The summed E-state index contributed by atoms with van der Waals surface area (Å²) in [6, 6.07) is 0. The summed E-state index contributed by atoms with van der Waals surface area (Å²) in [6.07, 6.45) is 12.2. The first-order valence-electron chi connectivity index (χ1n) is 13.7. The molecule has 1 nitrogen and oxygen atoms in total. The summed E-state index contributed by atoms with van der Waals surface area (Å²) < 4.78 is 0. The molecule has 11 atom stereocenters. The fraction of sp³-hybridized carbons (Fsp3) is 0.933. The highest BCUT2D eigenvalue weighted by atomic mass is 16.3. The minimum atomic E-state index is -0.120. The SMILES string of the molecule is C=C(C)[C@@H]1CC[C@]2(C)CC[C@]3(C)[C@@H](CC[C@H]4[C@H]5[C@H](C)C[C@H](O)C(C)(C)[C@@H]5CC[C@]43C)[C@H]12. The van der Waals surface area contributed by atoms with Crippen molar-refractivity contribution in [1.29, 1.82) is 0 Å². The van der Waals surface area contributed by atoms with Gasteiger partial charge in [-0.25, -0.2) is 0 Å². The molecule has 5 aliphatic carbocycles. The summed E-state index contributed by atoms with van der Waals surface area (Å²) in [5.74, 6) is 5.53. The van der Waals surface area contributed by atoms with E-state index < -0.39 is 0 Å². The lowest BCUT2D eigenvalue weighted by molar-refractivity contribution is -0.226. The summed E-state index contributed by atoms with van der Waals surface area (Å²) in [5.41, 5.74) is 3.04. The van der Waals surface area contributed by atoms with Gasteiger partial charge in [0.2, 0.25) is 0 Å². The molecular formula is C30H50O. The van der Waals surface area contributed by atoms with Crippen molar-refractivity contribution in [2.45, 2.75) is 112 Å². The number of rotatable bonds is 1. The van der Waals surface area contributed by atoms with Crippen LogP contribution in [0.1, 0.15) is 106 Å². The number of allylic oxidation sites excluding steroid dienone is 1. The maximum Gasteiger partial charge on any atom is 0.0596 e. The summed E-state index contributed by atoms with van der Waals surface area (Å²) in [4.78, 5) is 0. The van der Waals surface area contributed by atoms with Crippen molar-refractivity contribution in [2.24, 2.45) is 63.1 Å².